The van der Waals surface area contributed by atoms with Gasteiger partial charge in [0, 0.05) is 11.3 Å². The SMILES string of the molecule is O=C(Nc1cccc(C(F)(F)F)c1)Oc1noc(-c2ccccc2)n1. The van der Waals surface area contributed by atoms with Gasteiger partial charge >= 0.3 is 18.3 Å². The molecular formula is C16H10F3N3O3. The van der Waals surface area contributed by atoms with Gasteiger partial charge in [-0.05, 0) is 35.5 Å². The Morgan fingerprint density at radius 2 is 1.84 bits per heavy atom. The molecule has 3 aromatic rings. The van der Waals surface area contributed by atoms with Crippen LogP contribution in [0.5, 0.6) is 6.01 Å². The topological polar surface area (TPSA) is 77.2 Å². The van der Waals surface area contributed by atoms with Crippen molar-refractivity contribution in [1.82, 2.24) is 10.1 Å². The van der Waals surface area contributed by atoms with Gasteiger partial charge in [-0.2, -0.15) is 18.2 Å². The maximum atomic E-state index is 12.6. The summed E-state index contributed by atoms with van der Waals surface area (Å²) in [5.74, 6) is 0.141. The van der Waals surface area contributed by atoms with E-state index in [4.69, 9.17) is 9.26 Å². The highest BCUT2D eigenvalue weighted by Gasteiger charge is 2.30. The second-order valence-electron chi connectivity index (χ2n) is 4.84. The van der Waals surface area contributed by atoms with E-state index in [-0.39, 0.29) is 17.6 Å². The number of nitrogens with zero attached hydrogens (tertiary/aromatic N) is 2. The Kier molecular flexibility index (Phi) is 4.38. The highest BCUT2D eigenvalue weighted by Crippen LogP contribution is 2.30. The first-order valence-corrected chi connectivity index (χ1v) is 6.97. The summed E-state index contributed by atoms with van der Waals surface area (Å²) in [6.07, 6.45) is -5.56. The number of benzene rings is 2. The molecule has 0 saturated carbocycles. The molecule has 0 atom stereocenters. The van der Waals surface area contributed by atoms with Crippen molar-refractivity contribution in [2.75, 3.05) is 5.32 Å². The van der Waals surface area contributed by atoms with Crippen LogP contribution in [0.15, 0.2) is 59.1 Å². The number of ether oxygens (including phenoxy) is 1. The van der Waals surface area contributed by atoms with E-state index in [1.165, 1.54) is 12.1 Å². The predicted octanol–water partition coefficient (Wildman–Crippen LogP) is 4.37. The van der Waals surface area contributed by atoms with E-state index in [0.29, 0.717) is 5.56 Å². The Labute approximate surface area is 139 Å². The van der Waals surface area contributed by atoms with Gasteiger partial charge in [0.1, 0.15) is 0 Å². The minimum Gasteiger partial charge on any atom is -0.372 e. The van der Waals surface area contributed by atoms with Crippen LogP contribution in [0.1, 0.15) is 5.56 Å². The molecule has 0 saturated heterocycles. The maximum absolute atomic E-state index is 12.6. The van der Waals surface area contributed by atoms with Crippen LogP contribution < -0.4 is 10.1 Å². The van der Waals surface area contributed by atoms with Gasteiger partial charge in [-0.1, -0.05) is 24.3 Å². The first-order chi connectivity index (χ1) is 11.9. The van der Waals surface area contributed by atoms with Crippen LogP contribution in [0.4, 0.5) is 23.7 Å². The van der Waals surface area contributed by atoms with Crippen LogP contribution in [0, 0.1) is 0 Å². The number of carbonyl (C=O) groups excluding carboxylic acids is 1. The zero-order valence-corrected chi connectivity index (χ0v) is 12.4. The minimum atomic E-state index is -4.51. The summed E-state index contributed by atoms with van der Waals surface area (Å²) in [5.41, 5.74) is -0.342. The lowest BCUT2D eigenvalue weighted by atomic mass is 10.2. The molecule has 0 aliphatic heterocycles. The zero-order valence-electron chi connectivity index (χ0n) is 12.4. The van der Waals surface area contributed by atoms with Gasteiger partial charge < -0.3 is 9.26 Å². The normalized spacial score (nSPS) is 11.2. The summed E-state index contributed by atoms with van der Waals surface area (Å²) in [6, 6.07) is 12.6. The van der Waals surface area contributed by atoms with Crippen molar-refractivity contribution in [3.05, 3.63) is 60.2 Å². The van der Waals surface area contributed by atoms with Crippen molar-refractivity contribution >= 4 is 11.8 Å². The molecule has 0 spiro atoms. The first kappa shape index (κ1) is 16.5. The first-order valence-electron chi connectivity index (χ1n) is 6.97. The summed E-state index contributed by atoms with van der Waals surface area (Å²) < 4.78 is 47.7. The molecule has 1 heterocycles. The molecule has 0 radical (unpaired) electrons. The third-order valence-corrected chi connectivity index (χ3v) is 3.05. The van der Waals surface area contributed by atoms with Crippen molar-refractivity contribution < 1.29 is 27.2 Å². The van der Waals surface area contributed by atoms with E-state index in [9.17, 15) is 18.0 Å². The Hall–Kier alpha value is -3.36. The molecular weight excluding hydrogens is 339 g/mol. The van der Waals surface area contributed by atoms with Crippen molar-refractivity contribution in [1.29, 1.82) is 0 Å². The predicted molar refractivity (Wildman–Crippen MR) is 80.8 cm³/mol. The Morgan fingerprint density at radius 3 is 2.56 bits per heavy atom. The number of nitrogens with one attached hydrogen (secondary N) is 1. The second-order valence-corrected chi connectivity index (χ2v) is 4.84. The third kappa shape index (κ3) is 4.14. The van der Waals surface area contributed by atoms with Crippen molar-refractivity contribution in [3.8, 4) is 17.5 Å². The fourth-order valence-corrected chi connectivity index (χ4v) is 1.95. The Morgan fingerprint density at radius 1 is 1.08 bits per heavy atom. The number of alkyl halides is 3. The van der Waals surface area contributed by atoms with Crippen molar-refractivity contribution in [2.45, 2.75) is 6.18 Å². The van der Waals surface area contributed by atoms with E-state index in [0.717, 1.165) is 12.1 Å². The largest absolute Gasteiger partial charge is 0.419 e. The van der Waals surface area contributed by atoms with Crippen LogP contribution in [-0.2, 0) is 6.18 Å². The van der Waals surface area contributed by atoms with E-state index in [1.807, 2.05) is 0 Å². The molecule has 2 aromatic carbocycles. The Balaban J connectivity index is 1.67. The van der Waals surface area contributed by atoms with Gasteiger partial charge in [-0.15, -0.1) is 0 Å². The quantitative estimate of drug-likeness (QED) is 0.760. The lowest BCUT2D eigenvalue weighted by Crippen LogP contribution is -2.18. The smallest absolute Gasteiger partial charge is 0.372 e. The molecule has 9 heteroatoms. The monoisotopic (exact) mass is 349 g/mol. The summed E-state index contributed by atoms with van der Waals surface area (Å²) in [4.78, 5) is 15.6. The molecule has 0 unspecified atom stereocenters. The highest BCUT2D eigenvalue weighted by atomic mass is 19.4. The van der Waals surface area contributed by atoms with E-state index in [2.05, 4.69) is 15.5 Å². The Bertz CT molecular complexity index is 879. The molecule has 0 bridgehead atoms. The second kappa shape index (κ2) is 6.63. The average molecular weight is 349 g/mol. The number of rotatable bonds is 3. The molecule has 128 valence electrons. The lowest BCUT2D eigenvalue weighted by Gasteiger charge is -2.09. The van der Waals surface area contributed by atoms with Gasteiger partial charge in [0.15, 0.2) is 0 Å². The van der Waals surface area contributed by atoms with Gasteiger partial charge in [-0.3, -0.25) is 5.32 Å². The molecule has 1 aromatic heterocycles. The van der Waals surface area contributed by atoms with E-state index < -0.39 is 17.8 Å². The maximum Gasteiger partial charge on any atom is 0.419 e. The van der Waals surface area contributed by atoms with Crippen LogP contribution in [-0.4, -0.2) is 16.2 Å². The van der Waals surface area contributed by atoms with E-state index >= 15 is 0 Å². The number of carbonyl (C=O) groups is 1. The molecule has 25 heavy (non-hydrogen) atoms. The standard InChI is InChI=1S/C16H10F3N3O3/c17-16(18,19)11-7-4-8-12(9-11)20-15(23)24-14-21-13(25-22-14)10-5-2-1-3-6-10/h1-9H,(H,20,23). The van der Waals surface area contributed by atoms with E-state index in [1.54, 1.807) is 30.3 Å². The van der Waals surface area contributed by atoms with Crippen LogP contribution >= 0.6 is 0 Å². The third-order valence-electron chi connectivity index (χ3n) is 3.05. The minimum absolute atomic E-state index is 0.0772. The zero-order chi connectivity index (χ0) is 17.9. The number of amides is 1. The van der Waals surface area contributed by atoms with Crippen LogP contribution in [0.25, 0.3) is 11.5 Å². The number of hydrogen-bond donors (Lipinski definition) is 1. The van der Waals surface area contributed by atoms with Gasteiger partial charge in [-0.25, -0.2) is 4.79 Å². The summed E-state index contributed by atoms with van der Waals surface area (Å²) in [6.45, 7) is 0. The average Bonchev–Trinajstić information content (AvgIpc) is 3.03. The molecule has 0 aliphatic carbocycles. The number of hydrogen-bond acceptors (Lipinski definition) is 5. The molecule has 1 amide bonds. The fourth-order valence-electron chi connectivity index (χ4n) is 1.95. The van der Waals surface area contributed by atoms with Crippen molar-refractivity contribution in [3.63, 3.8) is 0 Å². The highest BCUT2D eigenvalue weighted by molar-refractivity contribution is 5.86. The van der Waals surface area contributed by atoms with Gasteiger partial charge in [0.25, 0.3) is 5.89 Å². The lowest BCUT2D eigenvalue weighted by molar-refractivity contribution is -0.137. The van der Waals surface area contributed by atoms with Crippen LogP contribution in [0.2, 0.25) is 0 Å². The fraction of sp³-hybridized carbons (Fsp3) is 0.0625. The number of aromatic nitrogens is 2. The summed E-state index contributed by atoms with van der Waals surface area (Å²) >= 11 is 0. The van der Waals surface area contributed by atoms with Crippen molar-refractivity contribution in [2.24, 2.45) is 0 Å². The van der Waals surface area contributed by atoms with Gasteiger partial charge in [0.2, 0.25) is 0 Å². The summed E-state index contributed by atoms with van der Waals surface area (Å²) in [5, 5.41) is 5.65. The van der Waals surface area contributed by atoms with Crippen LogP contribution in [0.3, 0.4) is 0 Å². The summed E-state index contributed by atoms with van der Waals surface area (Å²) in [7, 11) is 0. The molecule has 0 fully saturated rings. The van der Waals surface area contributed by atoms with Gasteiger partial charge in [0.05, 0.1) is 5.56 Å². The molecule has 3 rings (SSSR count). The molecule has 0 aliphatic rings. The number of anilines is 1. The number of halogens is 3. The molecule has 1 N–H and O–H groups in total. The molecule has 6 nitrogen and oxygen atoms in total.